The van der Waals surface area contributed by atoms with Crippen molar-refractivity contribution in [2.45, 2.75) is 52.7 Å². The third-order valence-corrected chi connectivity index (χ3v) is 3.49. The van der Waals surface area contributed by atoms with Crippen molar-refractivity contribution in [1.29, 1.82) is 0 Å². The maximum atomic E-state index is 5.62. The lowest BCUT2D eigenvalue weighted by atomic mass is 10.0. The molecule has 20 heavy (non-hydrogen) atoms. The van der Waals surface area contributed by atoms with Crippen molar-refractivity contribution >= 4 is 11.9 Å². The van der Waals surface area contributed by atoms with Crippen molar-refractivity contribution in [2.24, 2.45) is 5.92 Å². The lowest BCUT2D eigenvalue weighted by Gasteiger charge is -2.27. The standard InChI is InChI=1S/C14H25N5O/c1-9(2)11-7-6-8-19(11)13-16-12(15-5)17-14(18-13)20-10(3)4/h9-11H,6-8H2,1-5H3,(H,15,16,17,18). The van der Waals surface area contributed by atoms with E-state index in [0.29, 0.717) is 23.9 Å². The SMILES string of the molecule is CNc1nc(OC(C)C)nc(N2CCCC2C(C)C)n1. The fourth-order valence-corrected chi connectivity index (χ4v) is 2.58. The van der Waals surface area contributed by atoms with E-state index in [1.165, 1.54) is 12.8 Å². The Bertz CT molecular complexity index is 449. The minimum atomic E-state index is 0.0504. The first-order valence-electron chi connectivity index (χ1n) is 7.38. The molecule has 6 heteroatoms. The fourth-order valence-electron chi connectivity index (χ4n) is 2.58. The average Bonchev–Trinajstić information content (AvgIpc) is 2.86. The van der Waals surface area contributed by atoms with E-state index < -0.39 is 0 Å². The normalized spacial score (nSPS) is 18.9. The highest BCUT2D eigenvalue weighted by Crippen LogP contribution is 2.28. The van der Waals surface area contributed by atoms with Gasteiger partial charge < -0.3 is 15.0 Å². The van der Waals surface area contributed by atoms with E-state index in [4.69, 9.17) is 4.74 Å². The molecule has 1 N–H and O–H groups in total. The van der Waals surface area contributed by atoms with Crippen LogP contribution in [0.1, 0.15) is 40.5 Å². The minimum absolute atomic E-state index is 0.0504. The van der Waals surface area contributed by atoms with Crippen LogP contribution in [0, 0.1) is 5.92 Å². The Kier molecular flexibility index (Phi) is 4.62. The van der Waals surface area contributed by atoms with Crippen LogP contribution in [0.15, 0.2) is 0 Å². The van der Waals surface area contributed by atoms with Gasteiger partial charge >= 0.3 is 6.01 Å². The summed E-state index contributed by atoms with van der Waals surface area (Å²) in [6.07, 6.45) is 2.43. The van der Waals surface area contributed by atoms with Gasteiger partial charge in [-0.3, -0.25) is 0 Å². The number of anilines is 2. The molecule has 1 aliphatic heterocycles. The van der Waals surface area contributed by atoms with E-state index in [9.17, 15) is 0 Å². The Morgan fingerprint density at radius 1 is 1.20 bits per heavy atom. The third-order valence-electron chi connectivity index (χ3n) is 3.49. The highest BCUT2D eigenvalue weighted by Gasteiger charge is 2.29. The van der Waals surface area contributed by atoms with E-state index in [-0.39, 0.29) is 6.10 Å². The molecule has 1 aromatic rings. The first kappa shape index (κ1) is 14.8. The zero-order chi connectivity index (χ0) is 14.7. The second-order valence-electron chi connectivity index (χ2n) is 5.81. The lowest BCUT2D eigenvalue weighted by molar-refractivity contribution is 0.222. The van der Waals surface area contributed by atoms with Crippen molar-refractivity contribution < 1.29 is 4.74 Å². The quantitative estimate of drug-likeness (QED) is 0.892. The molecule has 2 heterocycles. The first-order valence-corrected chi connectivity index (χ1v) is 7.38. The predicted octanol–water partition coefficient (Wildman–Crippen LogP) is 2.33. The molecular formula is C14H25N5O. The van der Waals surface area contributed by atoms with Crippen molar-refractivity contribution in [1.82, 2.24) is 15.0 Å². The van der Waals surface area contributed by atoms with Crippen LogP contribution < -0.4 is 15.0 Å². The number of ether oxygens (including phenoxy) is 1. The molecule has 2 rings (SSSR count). The monoisotopic (exact) mass is 279 g/mol. The largest absolute Gasteiger partial charge is 0.461 e. The Hall–Kier alpha value is -1.59. The molecule has 0 aliphatic carbocycles. The summed E-state index contributed by atoms with van der Waals surface area (Å²) in [5, 5.41) is 2.98. The summed E-state index contributed by atoms with van der Waals surface area (Å²) in [5.74, 6) is 1.86. The summed E-state index contributed by atoms with van der Waals surface area (Å²) in [6, 6.07) is 0.887. The molecule has 112 valence electrons. The summed E-state index contributed by atoms with van der Waals surface area (Å²) >= 11 is 0. The number of hydrogen-bond acceptors (Lipinski definition) is 6. The van der Waals surface area contributed by atoms with Crippen LogP contribution in [-0.2, 0) is 0 Å². The Balaban J connectivity index is 2.30. The summed E-state index contributed by atoms with van der Waals surface area (Å²) < 4.78 is 5.62. The Morgan fingerprint density at radius 3 is 2.55 bits per heavy atom. The molecule has 0 radical (unpaired) electrons. The van der Waals surface area contributed by atoms with Crippen molar-refractivity contribution in [3.8, 4) is 6.01 Å². The number of aromatic nitrogens is 3. The second-order valence-corrected chi connectivity index (χ2v) is 5.81. The van der Waals surface area contributed by atoms with E-state index in [0.717, 1.165) is 12.5 Å². The predicted molar refractivity (Wildman–Crippen MR) is 80.3 cm³/mol. The number of nitrogens with zero attached hydrogens (tertiary/aromatic N) is 4. The molecule has 1 fully saturated rings. The van der Waals surface area contributed by atoms with Crippen molar-refractivity contribution in [3.05, 3.63) is 0 Å². The van der Waals surface area contributed by atoms with Crippen LogP contribution in [0.4, 0.5) is 11.9 Å². The first-order chi connectivity index (χ1) is 9.51. The smallest absolute Gasteiger partial charge is 0.323 e. The molecule has 1 aromatic heterocycles. The minimum Gasteiger partial charge on any atom is -0.461 e. The second kappa shape index (κ2) is 6.24. The van der Waals surface area contributed by atoms with Gasteiger partial charge in [0.05, 0.1) is 6.10 Å². The van der Waals surface area contributed by atoms with Gasteiger partial charge in [-0.1, -0.05) is 13.8 Å². The highest BCUT2D eigenvalue weighted by molar-refractivity contribution is 5.40. The van der Waals surface area contributed by atoms with Gasteiger partial charge in [0.15, 0.2) is 0 Å². The summed E-state index contributed by atoms with van der Waals surface area (Å²) in [5.41, 5.74) is 0. The molecule has 0 aromatic carbocycles. The zero-order valence-electron chi connectivity index (χ0n) is 13.1. The van der Waals surface area contributed by atoms with Crippen molar-refractivity contribution in [3.63, 3.8) is 0 Å². The lowest BCUT2D eigenvalue weighted by Crippen LogP contribution is -2.35. The third kappa shape index (κ3) is 3.29. The van der Waals surface area contributed by atoms with Crippen LogP contribution >= 0.6 is 0 Å². The van der Waals surface area contributed by atoms with Gasteiger partial charge in [0.25, 0.3) is 0 Å². The highest BCUT2D eigenvalue weighted by atomic mass is 16.5. The maximum Gasteiger partial charge on any atom is 0.323 e. The van der Waals surface area contributed by atoms with Gasteiger partial charge in [-0.15, -0.1) is 0 Å². The number of hydrogen-bond donors (Lipinski definition) is 1. The summed E-state index contributed by atoms with van der Waals surface area (Å²) in [7, 11) is 1.81. The van der Waals surface area contributed by atoms with Gasteiger partial charge in [-0.05, 0) is 32.6 Å². The Labute approximate surface area is 121 Å². The average molecular weight is 279 g/mol. The maximum absolute atomic E-state index is 5.62. The molecule has 1 aliphatic rings. The number of nitrogens with one attached hydrogen (secondary N) is 1. The molecular weight excluding hydrogens is 254 g/mol. The molecule has 1 unspecified atom stereocenters. The topological polar surface area (TPSA) is 63.2 Å². The zero-order valence-corrected chi connectivity index (χ0v) is 13.1. The van der Waals surface area contributed by atoms with Crippen molar-refractivity contribution in [2.75, 3.05) is 23.8 Å². The van der Waals surface area contributed by atoms with Crippen LogP contribution in [0.3, 0.4) is 0 Å². The van der Waals surface area contributed by atoms with E-state index in [1.54, 1.807) is 0 Å². The summed E-state index contributed by atoms with van der Waals surface area (Å²) in [6.45, 7) is 9.42. The van der Waals surface area contributed by atoms with Crippen LogP contribution in [0.2, 0.25) is 0 Å². The van der Waals surface area contributed by atoms with Gasteiger partial charge in [-0.2, -0.15) is 15.0 Å². The molecule has 1 saturated heterocycles. The van der Waals surface area contributed by atoms with E-state index in [2.05, 4.69) is 39.0 Å². The van der Waals surface area contributed by atoms with E-state index >= 15 is 0 Å². The molecule has 0 amide bonds. The molecule has 0 bridgehead atoms. The van der Waals surface area contributed by atoms with Crippen LogP contribution in [0.25, 0.3) is 0 Å². The van der Waals surface area contributed by atoms with Gasteiger partial charge in [-0.25, -0.2) is 0 Å². The van der Waals surface area contributed by atoms with Gasteiger partial charge in [0.1, 0.15) is 0 Å². The van der Waals surface area contributed by atoms with Crippen LogP contribution in [0.5, 0.6) is 6.01 Å². The molecule has 6 nitrogen and oxygen atoms in total. The molecule has 0 saturated carbocycles. The molecule has 0 spiro atoms. The molecule has 1 atom stereocenters. The van der Waals surface area contributed by atoms with Crippen LogP contribution in [-0.4, -0.2) is 40.7 Å². The summed E-state index contributed by atoms with van der Waals surface area (Å²) in [4.78, 5) is 15.5. The fraction of sp³-hybridized carbons (Fsp3) is 0.786. The van der Waals surface area contributed by atoms with E-state index in [1.807, 2.05) is 20.9 Å². The van der Waals surface area contributed by atoms with Gasteiger partial charge in [0.2, 0.25) is 11.9 Å². The van der Waals surface area contributed by atoms with Gasteiger partial charge in [0, 0.05) is 19.6 Å². The Morgan fingerprint density at radius 2 is 1.95 bits per heavy atom. The number of rotatable bonds is 5.